The first kappa shape index (κ1) is 12.9. The summed E-state index contributed by atoms with van der Waals surface area (Å²) in [6.07, 6.45) is 1.33. The topological polar surface area (TPSA) is 72.2 Å². The SMILES string of the molecule is CCCS(=O)(=O)NC(C)(CC)CN. The molecular weight excluding hydrogens is 188 g/mol. The molecule has 0 bridgehead atoms. The third-order valence-electron chi connectivity index (χ3n) is 2.11. The highest BCUT2D eigenvalue weighted by Gasteiger charge is 2.25. The standard InChI is InChI=1S/C8H20N2O2S/c1-4-6-13(11,12)10-8(3,5-2)7-9/h10H,4-7,9H2,1-3H3. The van der Waals surface area contributed by atoms with Gasteiger partial charge < -0.3 is 5.73 Å². The van der Waals surface area contributed by atoms with Gasteiger partial charge in [-0.2, -0.15) is 0 Å². The van der Waals surface area contributed by atoms with Gasteiger partial charge >= 0.3 is 0 Å². The number of rotatable bonds is 6. The normalized spacial score (nSPS) is 16.9. The Morgan fingerprint density at radius 3 is 2.23 bits per heavy atom. The van der Waals surface area contributed by atoms with Gasteiger partial charge in [-0.1, -0.05) is 13.8 Å². The van der Waals surface area contributed by atoms with Gasteiger partial charge in [0.1, 0.15) is 0 Å². The zero-order valence-electron chi connectivity index (χ0n) is 8.63. The van der Waals surface area contributed by atoms with Crippen molar-refractivity contribution in [3.05, 3.63) is 0 Å². The lowest BCUT2D eigenvalue weighted by atomic mass is 10.0. The molecule has 0 aliphatic carbocycles. The Kier molecular flexibility index (Phi) is 4.88. The van der Waals surface area contributed by atoms with Crippen LogP contribution in [0.3, 0.4) is 0 Å². The zero-order valence-corrected chi connectivity index (χ0v) is 9.45. The summed E-state index contributed by atoms with van der Waals surface area (Å²) in [6, 6.07) is 0. The molecule has 0 spiro atoms. The molecule has 1 atom stereocenters. The Bertz CT molecular complexity index is 233. The Balaban J connectivity index is 4.40. The fourth-order valence-corrected chi connectivity index (χ4v) is 2.57. The molecule has 0 aliphatic heterocycles. The number of nitrogens with two attached hydrogens (primary N) is 1. The molecule has 0 aromatic heterocycles. The van der Waals surface area contributed by atoms with Crippen molar-refractivity contribution in [3.8, 4) is 0 Å². The Hall–Kier alpha value is -0.130. The fraction of sp³-hybridized carbons (Fsp3) is 1.00. The largest absolute Gasteiger partial charge is 0.329 e. The fourth-order valence-electron chi connectivity index (χ4n) is 0.953. The van der Waals surface area contributed by atoms with Crippen LogP contribution in [0.4, 0.5) is 0 Å². The summed E-state index contributed by atoms with van der Waals surface area (Å²) < 4.78 is 25.4. The molecule has 0 radical (unpaired) electrons. The lowest BCUT2D eigenvalue weighted by molar-refractivity contribution is 0.411. The molecular formula is C8H20N2O2S. The third-order valence-corrected chi connectivity index (χ3v) is 3.86. The van der Waals surface area contributed by atoms with Gasteiger partial charge in [-0.3, -0.25) is 0 Å². The smallest absolute Gasteiger partial charge is 0.212 e. The number of sulfonamides is 1. The minimum Gasteiger partial charge on any atom is -0.329 e. The first-order valence-electron chi connectivity index (χ1n) is 4.61. The van der Waals surface area contributed by atoms with Crippen LogP contribution >= 0.6 is 0 Å². The van der Waals surface area contributed by atoms with Gasteiger partial charge in [0.2, 0.25) is 10.0 Å². The van der Waals surface area contributed by atoms with Crippen LogP contribution in [0.1, 0.15) is 33.6 Å². The van der Waals surface area contributed by atoms with E-state index < -0.39 is 15.6 Å². The molecule has 0 aliphatic rings. The van der Waals surface area contributed by atoms with E-state index in [4.69, 9.17) is 5.73 Å². The summed E-state index contributed by atoms with van der Waals surface area (Å²) >= 11 is 0. The van der Waals surface area contributed by atoms with Crippen molar-refractivity contribution in [2.75, 3.05) is 12.3 Å². The van der Waals surface area contributed by atoms with Crippen molar-refractivity contribution in [1.29, 1.82) is 0 Å². The van der Waals surface area contributed by atoms with Gasteiger partial charge in [0.05, 0.1) is 5.75 Å². The van der Waals surface area contributed by atoms with Gasteiger partial charge in [0, 0.05) is 12.1 Å². The van der Waals surface area contributed by atoms with Gasteiger partial charge in [0.15, 0.2) is 0 Å². The van der Waals surface area contributed by atoms with E-state index >= 15 is 0 Å². The van der Waals surface area contributed by atoms with Crippen LogP contribution in [-0.2, 0) is 10.0 Å². The second-order valence-electron chi connectivity index (χ2n) is 3.54. The lowest BCUT2D eigenvalue weighted by Gasteiger charge is -2.27. The second kappa shape index (κ2) is 4.93. The minimum atomic E-state index is -3.14. The maximum atomic E-state index is 11.4. The predicted octanol–water partition coefficient (Wildman–Crippen LogP) is 0.443. The molecule has 0 amide bonds. The molecule has 3 N–H and O–H groups in total. The zero-order chi connectivity index (χ0) is 10.5. The summed E-state index contributed by atoms with van der Waals surface area (Å²) in [6.45, 7) is 5.90. The van der Waals surface area contributed by atoms with Gasteiger partial charge in [-0.25, -0.2) is 13.1 Å². The van der Waals surface area contributed by atoms with Crippen LogP contribution in [0.5, 0.6) is 0 Å². The average Bonchev–Trinajstić information content (AvgIpc) is 2.03. The molecule has 0 saturated carbocycles. The first-order valence-corrected chi connectivity index (χ1v) is 6.26. The molecule has 80 valence electrons. The van der Waals surface area contributed by atoms with Crippen molar-refractivity contribution in [2.24, 2.45) is 5.73 Å². The van der Waals surface area contributed by atoms with E-state index in [1.165, 1.54) is 0 Å². The molecule has 0 aromatic carbocycles. The molecule has 0 fully saturated rings. The lowest BCUT2D eigenvalue weighted by Crippen LogP contribution is -2.51. The van der Waals surface area contributed by atoms with E-state index in [9.17, 15) is 8.42 Å². The van der Waals surface area contributed by atoms with Crippen molar-refractivity contribution in [2.45, 2.75) is 39.2 Å². The van der Waals surface area contributed by atoms with Crippen molar-refractivity contribution in [3.63, 3.8) is 0 Å². The van der Waals surface area contributed by atoms with Crippen molar-refractivity contribution in [1.82, 2.24) is 4.72 Å². The average molecular weight is 208 g/mol. The van der Waals surface area contributed by atoms with Crippen LogP contribution in [0.15, 0.2) is 0 Å². The van der Waals surface area contributed by atoms with E-state index in [1.54, 1.807) is 0 Å². The third kappa shape index (κ3) is 4.59. The maximum Gasteiger partial charge on any atom is 0.212 e. The molecule has 0 saturated heterocycles. The molecule has 0 aromatic rings. The van der Waals surface area contributed by atoms with Gasteiger partial charge in [0.25, 0.3) is 0 Å². The highest BCUT2D eigenvalue weighted by molar-refractivity contribution is 7.89. The van der Waals surface area contributed by atoms with Crippen molar-refractivity contribution >= 4 is 10.0 Å². The predicted molar refractivity (Wildman–Crippen MR) is 55.0 cm³/mol. The van der Waals surface area contributed by atoms with E-state index in [2.05, 4.69) is 4.72 Å². The van der Waals surface area contributed by atoms with Gasteiger partial charge in [-0.05, 0) is 19.8 Å². The Morgan fingerprint density at radius 1 is 1.38 bits per heavy atom. The van der Waals surface area contributed by atoms with Crippen molar-refractivity contribution < 1.29 is 8.42 Å². The molecule has 13 heavy (non-hydrogen) atoms. The molecule has 1 unspecified atom stereocenters. The van der Waals surface area contributed by atoms with Crippen LogP contribution in [0, 0.1) is 0 Å². The number of hydrogen-bond acceptors (Lipinski definition) is 3. The van der Waals surface area contributed by atoms with Crippen LogP contribution in [0.2, 0.25) is 0 Å². The monoisotopic (exact) mass is 208 g/mol. The van der Waals surface area contributed by atoms with E-state index in [-0.39, 0.29) is 5.75 Å². The van der Waals surface area contributed by atoms with Crippen LogP contribution < -0.4 is 10.5 Å². The van der Waals surface area contributed by atoms with E-state index in [0.717, 1.165) is 0 Å². The molecule has 4 nitrogen and oxygen atoms in total. The minimum absolute atomic E-state index is 0.169. The second-order valence-corrected chi connectivity index (χ2v) is 5.38. The summed E-state index contributed by atoms with van der Waals surface area (Å²) in [5.41, 5.74) is 5.00. The summed E-state index contributed by atoms with van der Waals surface area (Å²) in [4.78, 5) is 0. The highest BCUT2D eigenvalue weighted by Crippen LogP contribution is 2.08. The Labute approximate surface area is 80.9 Å². The van der Waals surface area contributed by atoms with Crippen LogP contribution in [-0.4, -0.2) is 26.3 Å². The molecule has 0 heterocycles. The van der Waals surface area contributed by atoms with Gasteiger partial charge in [-0.15, -0.1) is 0 Å². The summed E-state index contributed by atoms with van der Waals surface area (Å²) in [5, 5.41) is 0. The molecule has 0 rings (SSSR count). The quantitative estimate of drug-likeness (QED) is 0.665. The highest BCUT2D eigenvalue weighted by atomic mass is 32.2. The number of nitrogens with one attached hydrogen (secondary N) is 1. The van der Waals surface area contributed by atoms with E-state index in [0.29, 0.717) is 19.4 Å². The van der Waals surface area contributed by atoms with Crippen LogP contribution in [0.25, 0.3) is 0 Å². The maximum absolute atomic E-state index is 11.4. The molecule has 5 heteroatoms. The number of hydrogen-bond donors (Lipinski definition) is 2. The van der Waals surface area contributed by atoms with E-state index in [1.807, 2.05) is 20.8 Å². The first-order chi connectivity index (χ1) is 5.89. The Morgan fingerprint density at radius 2 is 1.92 bits per heavy atom. The summed E-state index contributed by atoms with van der Waals surface area (Å²) in [7, 11) is -3.14. The summed E-state index contributed by atoms with van der Waals surface area (Å²) in [5.74, 6) is 0.169.